The summed E-state index contributed by atoms with van der Waals surface area (Å²) in [6.45, 7) is 4.78. The fourth-order valence-corrected chi connectivity index (χ4v) is 10.1. The number of anilines is 3. The zero-order valence-corrected chi connectivity index (χ0v) is 29.5. The number of hydrogen-bond acceptors (Lipinski definition) is 1. The number of fused-ring (bicyclic) bond motifs is 6. The summed E-state index contributed by atoms with van der Waals surface area (Å²) in [5, 5.41) is 2.56. The number of benzene rings is 7. The van der Waals surface area contributed by atoms with Crippen molar-refractivity contribution in [3.05, 3.63) is 174 Å². The van der Waals surface area contributed by atoms with Gasteiger partial charge >= 0.3 is 0 Å². The Labute approximate surface area is 302 Å². The molecule has 2 bridgehead atoms. The van der Waals surface area contributed by atoms with Crippen LogP contribution in [0.3, 0.4) is 0 Å². The molecule has 0 aromatic heterocycles. The third kappa shape index (κ3) is 4.89. The minimum absolute atomic E-state index is 0.0704. The van der Waals surface area contributed by atoms with E-state index in [1.165, 1.54) is 104 Å². The van der Waals surface area contributed by atoms with E-state index in [-0.39, 0.29) is 5.41 Å². The second-order valence-electron chi connectivity index (χ2n) is 15.7. The fourth-order valence-electron chi connectivity index (χ4n) is 10.1. The number of rotatable bonds is 6. The standard InChI is InChI=1S/C50H43N/c1-50(2)47-21-10-8-19-43(47)44-26-25-38(32-48(44)50)51(49-22-11-9-20-45(49)46-30-33-23-24-36(46)29-33)37-16-12-15-35(31-37)40-28-27-39(34-13-4-3-5-14-34)41-17-6-7-18-42(40)41/h3-22,25-28,31-33,36,46H,23-24,29-30H2,1-2H3. The highest BCUT2D eigenvalue weighted by atomic mass is 15.1. The molecular weight excluding hydrogens is 615 g/mol. The third-order valence-electron chi connectivity index (χ3n) is 12.6. The molecule has 0 spiro atoms. The van der Waals surface area contributed by atoms with Crippen molar-refractivity contribution in [2.45, 2.75) is 50.9 Å². The molecule has 7 aromatic rings. The predicted octanol–water partition coefficient (Wildman–Crippen LogP) is 13.9. The van der Waals surface area contributed by atoms with E-state index in [0.717, 1.165) is 11.8 Å². The average molecular weight is 658 g/mol. The maximum absolute atomic E-state index is 2.57. The summed E-state index contributed by atoms with van der Waals surface area (Å²) in [4.78, 5) is 2.57. The van der Waals surface area contributed by atoms with Crippen molar-refractivity contribution < 1.29 is 0 Å². The molecule has 0 aliphatic heterocycles. The van der Waals surface area contributed by atoms with Gasteiger partial charge in [-0.25, -0.2) is 0 Å². The van der Waals surface area contributed by atoms with Gasteiger partial charge in [0.25, 0.3) is 0 Å². The minimum atomic E-state index is -0.0704. The molecule has 51 heavy (non-hydrogen) atoms. The highest BCUT2D eigenvalue weighted by Crippen LogP contribution is 2.56. The Morgan fingerprint density at radius 1 is 0.490 bits per heavy atom. The van der Waals surface area contributed by atoms with E-state index in [2.05, 4.69) is 176 Å². The van der Waals surface area contributed by atoms with Crippen molar-refractivity contribution in [1.82, 2.24) is 0 Å². The zero-order chi connectivity index (χ0) is 34.1. The van der Waals surface area contributed by atoms with Gasteiger partial charge in [0.1, 0.15) is 0 Å². The first-order valence-electron chi connectivity index (χ1n) is 18.9. The Morgan fingerprint density at radius 3 is 1.92 bits per heavy atom. The molecule has 2 saturated carbocycles. The van der Waals surface area contributed by atoms with Crippen LogP contribution >= 0.6 is 0 Å². The predicted molar refractivity (Wildman–Crippen MR) is 215 cm³/mol. The van der Waals surface area contributed by atoms with E-state index in [0.29, 0.717) is 5.92 Å². The Hall–Kier alpha value is -5.40. The van der Waals surface area contributed by atoms with Crippen molar-refractivity contribution in [3.63, 3.8) is 0 Å². The highest BCUT2D eigenvalue weighted by molar-refractivity contribution is 6.05. The largest absolute Gasteiger partial charge is 0.310 e. The number of hydrogen-bond donors (Lipinski definition) is 0. The summed E-state index contributed by atoms with van der Waals surface area (Å²) in [6.07, 6.45) is 5.50. The number of para-hydroxylation sites is 1. The lowest BCUT2D eigenvalue weighted by atomic mass is 9.81. The maximum Gasteiger partial charge on any atom is 0.0496 e. The average Bonchev–Trinajstić information content (AvgIpc) is 3.88. The van der Waals surface area contributed by atoms with Crippen LogP contribution in [0.1, 0.15) is 62.1 Å². The topological polar surface area (TPSA) is 3.24 Å². The van der Waals surface area contributed by atoms with Crippen LogP contribution < -0.4 is 4.90 Å². The van der Waals surface area contributed by atoms with Gasteiger partial charge in [-0.15, -0.1) is 0 Å². The molecule has 248 valence electrons. The molecule has 0 heterocycles. The van der Waals surface area contributed by atoms with Gasteiger partial charge in [-0.2, -0.15) is 0 Å². The van der Waals surface area contributed by atoms with Crippen LogP contribution in [-0.4, -0.2) is 0 Å². The minimum Gasteiger partial charge on any atom is -0.310 e. The molecule has 0 radical (unpaired) electrons. The lowest BCUT2D eigenvalue weighted by Crippen LogP contribution is -2.18. The van der Waals surface area contributed by atoms with E-state index < -0.39 is 0 Å². The summed E-state index contributed by atoms with van der Waals surface area (Å²) >= 11 is 0. The monoisotopic (exact) mass is 657 g/mol. The zero-order valence-electron chi connectivity index (χ0n) is 29.5. The molecule has 0 saturated heterocycles. The van der Waals surface area contributed by atoms with E-state index in [9.17, 15) is 0 Å². The van der Waals surface area contributed by atoms with Gasteiger partial charge in [-0.1, -0.05) is 148 Å². The van der Waals surface area contributed by atoms with Crippen LogP contribution in [0.25, 0.3) is 44.2 Å². The van der Waals surface area contributed by atoms with Gasteiger partial charge in [0.15, 0.2) is 0 Å². The molecule has 1 heteroatoms. The molecule has 3 aliphatic carbocycles. The SMILES string of the molecule is CC1(C)c2ccccc2-c2ccc(N(c3cccc(-c4ccc(-c5ccccc5)c5ccccc45)c3)c3ccccc3C3CC4CCC3C4)cc21. The Kier molecular flexibility index (Phi) is 7.07. The molecule has 2 fully saturated rings. The first-order chi connectivity index (χ1) is 25.0. The summed E-state index contributed by atoms with van der Waals surface area (Å²) in [7, 11) is 0. The first kappa shape index (κ1) is 30.4. The molecule has 3 unspecified atom stereocenters. The molecule has 3 atom stereocenters. The maximum atomic E-state index is 2.57. The molecule has 3 aliphatic rings. The molecule has 0 N–H and O–H groups in total. The lowest BCUT2D eigenvalue weighted by molar-refractivity contribution is 0.420. The van der Waals surface area contributed by atoms with E-state index in [1.54, 1.807) is 0 Å². The van der Waals surface area contributed by atoms with Crippen molar-refractivity contribution >= 4 is 27.8 Å². The van der Waals surface area contributed by atoms with Crippen LogP contribution in [0.4, 0.5) is 17.1 Å². The number of nitrogens with zero attached hydrogens (tertiary/aromatic N) is 1. The van der Waals surface area contributed by atoms with Crippen LogP contribution in [0.5, 0.6) is 0 Å². The lowest BCUT2D eigenvalue weighted by Gasteiger charge is -2.33. The summed E-state index contributed by atoms with van der Waals surface area (Å²) in [6, 6.07) is 59.1. The van der Waals surface area contributed by atoms with Gasteiger partial charge in [0.2, 0.25) is 0 Å². The van der Waals surface area contributed by atoms with Gasteiger partial charge in [-0.05, 0) is 128 Å². The van der Waals surface area contributed by atoms with E-state index in [1.807, 2.05) is 0 Å². The second-order valence-corrected chi connectivity index (χ2v) is 15.7. The van der Waals surface area contributed by atoms with Gasteiger partial charge in [0, 0.05) is 22.5 Å². The third-order valence-corrected chi connectivity index (χ3v) is 12.6. The van der Waals surface area contributed by atoms with Crippen molar-refractivity contribution in [2.75, 3.05) is 4.90 Å². The van der Waals surface area contributed by atoms with Crippen molar-refractivity contribution in [2.24, 2.45) is 11.8 Å². The summed E-state index contributed by atoms with van der Waals surface area (Å²) in [5.41, 5.74) is 15.8. The summed E-state index contributed by atoms with van der Waals surface area (Å²) in [5.74, 6) is 2.30. The van der Waals surface area contributed by atoms with Crippen molar-refractivity contribution in [1.29, 1.82) is 0 Å². The Balaban J connectivity index is 1.15. The van der Waals surface area contributed by atoms with E-state index >= 15 is 0 Å². The molecule has 7 aromatic carbocycles. The quantitative estimate of drug-likeness (QED) is 0.172. The van der Waals surface area contributed by atoms with Crippen LogP contribution in [0.15, 0.2) is 158 Å². The second kappa shape index (κ2) is 11.8. The molecule has 1 nitrogen and oxygen atoms in total. The van der Waals surface area contributed by atoms with Crippen molar-refractivity contribution in [3.8, 4) is 33.4 Å². The smallest absolute Gasteiger partial charge is 0.0496 e. The normalized spacial score (nSPS) is 19.6. The first-order valence-corrected chi connectivity index (χ1v) is 18.9. The Bertz CT molecular complexity index is 2440. The molecule has 10 rings (SSSR count). The highest BCUT2D eigenvalue weighted by Gasteiger charge is 2.42. The molecule has 0 amide bonds. The van der Waals surface area contributed by atoms with E-state index in [4.69, 9.17) is 0 Å². The van der Waals surface area contributed by atoms with Gasteiger partial charge in [0.05, 0.1) is 0 Å². The van der Waals surface area contributed by atoms with Crippen LogP contribution in [-0.2, 0) is 5.41 Å². The van der Waals surface area contributed by atoms with Crippen LogP contribution in [0.2, 0.25) is 0 Å². The van der Waals surface area contributed by atoms with Gasteiger partial charge < -0.3 is 4.90 Å². The fraction of sp³-hybridized carbons (Fsp3) is 0.200. The summed E-state index contributed by atoms with van der Waals surface area (Å²) < 4.78 is 0. The van der Waals surface area contributed by atoms with Crippen LogP contribution in [0, 0.1) is 11.8 Å². The van der Waals surface area contributed by atoms with Gasteiger partial charge in [-0.3, -0.25) is 0 Å². The Morgan fingerprint density at radius 2 is 1.14 bits per heavy atom. The molecular formula is C50H43N.